The average Bonchev–Trinajstić information content (AvgIpc) is 3.26. The van der Waals surface area contributed by atoms with Crippen molar-refractivity contribution in [2.45, 2.75) is 323 Å². The first kappa shape index (κ1) is 60.4. The quantitative estimate of drug-likeness (QED) is 0.0344. The molecular weight excluding hydrogens is 769 g/mol. The second-order valence-corrected chi connectivity index (χ2v) is 19.7. The van der Waals surface area contributed by atoms with E-state index in [0.717, 1.165) is 63.7 Å². The first-order chi connectivity index (χ1) is 30.4. The van der Waals surface area contributed by atoms with Crippen LogP contribution < -0.4 is 0 Å². The fraction of sp³-hybridized carbons (Fsp3) is 0.946. The Bertz CT molecular complexity index is 933. The van der Waals surface area contributed by atoms with Crippen LogP contribution in [0.4, 0.5) is 0 Å². The maximum absolute atomic E-state index is 12.8. The lowest BCUT2D eigenvalue weighted by molar-refractivity contribution is -0.167. The summed E-state index contributed by atoms with van der Waals surface area (Å²) in [6, 6.07) is 0. The van der Waals surface area contributed by atoms with Gasteiger partial charge in [-0.3, -0.25) is 14.4 Å². The van der Waals surface area contributed by atoms with Gasteiger partial charge in [0.1, 0.15) is 13.2 Å². The van der Waals surface area contributed by atoms with Crippen molar-refractivity contribution < 1.29 is 28.6 Å². The summed E-state index contributed by atoms with van der Waals surface area (Å²) in [7, 11) is 0. The van der Waals surface area contributed by atoms with Gasteiger partial charge in [-0.1, -0.05) is 278 Å². The number of ether oxygens (including phenoxy) is 3. The van der Waals surface area contributed by atoms with Crippen molar-refractivity contribution in [1.82, 2.24) is 0 Å². The molecule has 0 saturated heterocycles. The van der Waals surface area contributed by atoms with Crippen molar-refractivity contribution in [3.8, 4) is 0 Å². The molecule has 6 nitrogen and oxygen atoms in total. The van der Waals surface area contributed by atoms with Crippen molar-refractivity contribution in [1.29, 1.82) is 0 Å². The summed E-state index contributed by atoms with van der Waals surface area (Å²) in [5.41, 5.74) is 0. The fourth-order valence-corrected chi connectivity index (χ4v) is 8.57. The van der Waals surface area contributed by atoms with Gasteiger partial charge in [0.25, 0.3) is 0 Å². The van der Waals surface area contributed by atoms with E-state index in [1.165, 1.54) is 212 Å². The summed E-state index contributed by atoms with van der Waals surface area (Å²) >= 11 is 0. The summed E-state index contributed by atoms with van der Waals surface area (Å²) in [6.45, 7) is 9.03. The molecule has 62 heavy (non-hydrogen) atoms. The van der Waals surface area contributed by atoms with Crippen LogP contribution in [-0.4, -0.2) is 37.2 Å². The number of hydrogen-bond donors (Lipinski definition) is 0. The van der Waals surface area contributed by atoms with Crippen LogP contribution in [0, 0.1) is 5.92 Å². The first-order valence-electron chi connectivity index (χ1n) is 27.9. The lowest BCUT2D eigenvalue weighted by atomic mass is 10.0. The number of unbranched alkanes of at least 4 members (excludes halogenated alkanes) is 38. The van der Waals surface area contributed by atoms with E-state index in [1.807, 2.05) is 0 Å². The molecule has 0 aliphatic carbocycles. The van der Waals surface area contributed by atoms with Crippen LogP contribution in [0.2, 0.25) is 0 Å². The molecule has 0 N–H and O–H groups in total. The van der Waals surface area contributed by atoms with Crippen molar-refractivity contribution in [2.24, 2.45) is 5.92 Å². The average molecular weight is 877 g/mol. The molecule has 368 valence electrons. The van der Waals surface area contributed by atoms with Gasteiger partial charge in [0.05, 0.1) is 0 Å². The number of rotatable bonds is 51. The fourth-order valence-electron chi connectivity index (χ4n) is 8.57. The van der Waals surface area contributed by atoms with Crippen LogP contribution in [-0.2, 0) is 28.6 Å². The molecule has 0 aliphatic rings. The molecular formula is C56H108O6. The summed E-state index contributed by atoms with van der Waals surface area (Å²) in [6.07, 6.45) is 53.8. The van der Waals surface area contributed by atoms with Gasteiger partial charge in [0.15, 0.2) is 6.10 Å². The van der Waals surface area contributed by atoms with Gasteiger partial charge in [0, 0.05) is 19.3 Å². The molecule has 1 atom stereocenters. The Morgan fingerprint density at radius 3 is 0.790 bits per heavy atom. The van der Waals surface area contributed by atoms with E-state index in [-0.39, 0.29) is 31.1 Å². The molecule has 0 rings (SSSR count). The first-order valence-corrected chi connectivity index (χ1v) is 27.9. The van der Waals surface area contributed by atoms with Gasteiger partial charge in [-0.25, -0.2) is 0 Å². The number of hydrogen-bond acceptors (Lipinski definition) is 6. The SMILES string of the molecule is CCCCCCCCCCCCCCCCCCC(=O)OC[C@H](COC(=O)CCCCCCCCCCCC(C)C)OC(=O)CCCCCCCCCCCCCCCCCC. The zero-order valence-electron chi connectivity index (χ0n) is 42.3. The topological polar surface area (TPSA) is 78.9 Å². The maximum Gasteiger partial charge on any atom is 0.306 e. The highest BCUT2D eigenvalue weighted by Gasteiger charge is 2.19. The second-order valence-electron chi connectivity index (χ2n) is 19.7. The normalized spacial score (nSPS) is 12.0. The van der Waals surface area contributed by atoms with Crippen molar-refractivity contribution in [3.05, 3.63) is 0 Å². The molecule has 0 heterocycles. The number of carbonyl (C=O) groups excluding carboxylic acids is 3. The van der Waals surface area contributed by atoms with E-state index in [2.05, 4.69) is 27.7 Å². The zero-order valence-corrected chi connectivity index (χ0v) is 42.3. The summed E-state index contributed by atoms with van der Waals surface area (Å²) in [5.74, 6) is -0.0309. The van der Waals surface area contributed by atoms with Crippen molar-refractivity contribution in [2.75, 3.05) is 13.2 Å². The highest BCUT2D eigenvalue weighted by molar-refractivity contribution is 5.71. The van der Waals surface area contributed by atoms with E-state index >= 15 is 0 Å². The third-order valence-electron chi connectivity index (χ3n) is 12.8. The van der Waals surface area contributed by atoms with Crippen LogP contribution in [0.3, 0.4) is 0 Å². The second kappa shape index (κ2) is 50.4. The van der Waals surface area contributed by atoms with Gasteiger partial charge < -0.3 is 14.2 Å². The molecule has 0 unspecified atom stereocenters. The molecule has 6 heteroatoms. The lowest BCUT2D eigenvalue weighted by Crippen LogP contribution is -2.30. The van der Waals surface area contributed by atoms with Crippen molar-refractivity contribution in [3.63, 3.8) is 0 Å². The van der Waals surface area contributed by atoms with Gasteiger partial charge >= 0.3 is 17.9 Å². The van der Waals surface area contributed by atoms with Gasteiger partial charge in [-0.05, 0) is 25.2 Å². The Labute approximate surface area is 387 Å². The van der Waals surface area contributed by atoms with Crippen LogP contribution in [0.25, 0.3) is 0 Å². The molecule has 0 saturated carbocycles. The van der Waals surface area contributed by atoms with E-state index in [9.17, 15) is 14.4 Å². The molecule has 0 bridgehead atoms. The molecule has 0 amide bonds. The lowest BCUT2D eigenvalue weighted by Gasteiger charge is -2.18. The van der Waals surface area contributed by atoms with E-state index in [0.29, 0.717) is 19.3 Å². The van der Waals surface area contributed by atoms with Gasteiger partial charge in [-0.2, -0.15) is 0 Å². The maximum atomic E-state index is 12.8. The van der Waals surface area contributed by atoms with Crippen LogP contribution >= 0.6 is 0 Å². The van der Waals surface area contributed by atoms with Crippen LogP contribution in [0.15, 0.2) is 0 Å². The summed E-state index contributed by atoms with van der Waals surface area (Å²) < 4.78 is 16.9. The standard InChI is InChI=1S/C56H108O6/c1-5-7-9-11-13-15-17-19-21-23-25-27-31-35-39-43-47-54(57)60-50-53(51-61-55(58)48-44-40-36-33-29-30-34-38-42-46-52(3)4)62-56(59)49-45-41-37-32-28-26-24-22-20-18-16-14-12-10-8-6-2/h52-53H,5-51H2,1-4H3/t53-/m1/s1. The zero-order chi connectivity index (χ0) is 45.2. The Hall–Kier alpha value is -1.59. The van der Waals surface area contributed by atoms with Gasteiger partial charge in [0.2, 0.25) is 0 Å². The monoisotopic (exact) mass is 877 g/mol. The Morgan fingerprint density at radius 1 is 0.306 bits per heavy atom. The molecule has 0 fully saturated rings. The summed E-state index contributed by atoms with van der Waals surface area (Å²) in [5, 5.41) is 0. The van der Waals surface area contributed by atoms with E-state index < -0.39 is 6.10 Å². The minimum Gasteiger partial charge on any atom is -0.462 e. The summed E-state index contributed by atoms with van der Waals surface area (Å²) in [4.78, 5) is 38.0. The Balaban J connectivity index is 4.29. The third-order valence-corrected chi connectivity index (χ3v) is 12.8. The minimum absolute atomic E-state index is 0.0624. The number of carbonyl (C=O) groups is 3. The van der Waals surface area contributed by atoms with E-state index in [4.69, 9.17) is 14.2 Å². The highest BCUT2D eigenvalue weighted by Crippen LogP contribution is 2.18. The van der Waals surface area contributed by atoms with Gasteiger partial charge in [-0.15, -0.1) is 0 Å². The molecule has 0 aromatic rings. The molecule has 0 aromatic heterocycles. The van der Waals surface area contributed by atoms with E-state index in [1.54, 1.807) is 0 Å². The largest absolute Gasteiger partial charge is 0.462 e. The van der Waals surface area contributed by atoms with Crippen LogP contribution in [0.5, 0.6) is 0 Å². The minimum atomic E-state index is -0.761. The molecule has 0 aliphatic heterocycles. The van der Waals surface area contributed by atoms with Crippen LogP contribution in [0.1, 0.15) is 317 Å². The smallest absolute Gasteiger partial charge is 0.306 e. The molecule has 0 aromatic carbocycles. The predicted molar refractivity (Wildman–Crippen MR) is 266 cm³/mol. The molecule has 0 spiro atoms. The third kappa shape index (κ3) is 49.4. The highest BCUT2D eigenvalue weighted by atomic mass is 16.6. The predicted octanol–water partition coefficient (Wildman–Crippen LogP) is 18.2. The van der Waals surface area contributed by atoms with Crippen molar-refractivity contribution >= 4 is 17.9 Å². The molecule has 0 radical (unpaired) electrons. The number of esters is 3. The Kier molecular flexibility index (Phi) is 49.1. The Morgan fingerprint density at radius 2 is 0.532 bits per heavy atom.